The highest BCUT2D eigenvalue weighted by molar-refractivity contribution is 5.78. The molecule has 0 aliphatic carbocycles. The minimum Gasteiger partial charge on any atom is -0.467 e. The van der Waals surface area contributed by atoms with Crippen molar-refractivity contribution >= 4 is 5.91 Å². The molecule has 102 valence electrons. The number of carbonyl (C=O) groups is 1. The second-order valence-corrected chi connectivity index (χ2v) is 4.47. The van der Waals surface area contributed by atoms with Crippen LogP contribution < -0.4 is 5.32 Å². The highest BCUT2D eigenvalue weighted by Crippen LogP contribution is 2.04. The van der Waals surface area contributed by atoms with Crippen LogP contribution >= 0.6 is 0 Å². The Labute approximate surface area is 109 Å². The monoisotopic (exact) mass is 253 g/mol. The molecule has 0 radical (unpaired) electrons. The molecule has 1 aromatic rings. The van der Waals surface area contributed by atoms with E-state index < -0.39 is 0 Å². The van der Waals surface area contributed by atoms with Gasteiger partial charge in [-0.3, -0.25) is 4.79 Å². The van der Waals surface area contributed by atoms with Crippen molar-refractivity contribution in [3.63, 3.8) is 0 Å². The van der Waals surface area contributed by atoms with Crippen LogP contribution in [0.3, 0.4) is 0 Å². The van der Waals surface area contributed by atoms with Crippen LogP contribution in [0.2, 0.25) is 0 Å². The van der Waals surface area contributed by atoms with Gasteiger partial charge in [-0.25, -0.2) is 0 Å². The quantitative estimate of drug-likeness (QED) is 0.688. The molecule has 1 rings (SSSR count). The molecule has 0 saturated heterocycles. The van der Waals surface area contributed by atoms with Gasteiger partial charge in [0.25, 0.3) is 0 Å². The van der Waals surface area contributed by atoms with Crippen LogP contribution in [0.5, 0.6) is 0 Å². The highest BCUT2D eigenvalue weighted by Gasteiger charge is 2.10. The minimum absolute atomic E-state index is 0.110. The number of furan rings is 1. The van der Waals surface area contributed by atoms with Crippen molar-refractivity contribution in [2.45, 2.75) is 39.7 Å². The van der Waals surface area contributed by atoms with Gasteiger partial charge in [-0.2, -0.15) is 0 Å². The Morgan fingerprint density at radius 3 is 3.06 bits per heavy atom. The fourth-order valence-electron chi connectivity index (χ4n) is 1.69. The van der Waals surface area contributed by atoms with Gasteiger partial charge >= 0.3 is 0 Å². The maximum absolute atomic E-state index is 11.6. The van der Waals surface area contributed by atoms with Gasteiger partial charge in [0, 0.05) is 19.1 Å². The predicted molar refractivity (Wildman–Crippen MR) is 70.1 cm³/mol. The lowest BCUT2D eigenvalue weighted by atomic mass is 10.1. The number of hydrogen-bond donors (Lipinski definition) is 1. The molecule has 1 aromatic heterocycles. The van der Waals surface area contributed by atoms with E-state index in [1.54, 1.807) is 6.26 Å². The average Bonchev–Trinajstić information content (AvgIpc) is 2.86. The van der Waals surface area contributed by atoms with Gasteiger partial charge in [-0.1, -0.05) is 20.3 Å². The Balaban J connectivity index is 1.96. The molecular weight excluding hydrogens is 230 g/mol. The van der Waals surface area contributed by atoms with Crippen molar-refractivity contribution in [3.05, 3.63) is 24.2 Å². The zero-order valence-corrected chi connectivity index (χ0v) is 11.3. The first-order valence-corrected chi connectivity index (χ1v) is 6.62. The van der Waals surface area contributed by atoms with Crippen molar-refractivity contribution < 1.29 is 13.9 Å². The summed E-state index contributed by atoms with van der Waals surface area (Å²) in [7, 11) is 0. The van der Waals surface area contributed by atoms with Crippen LogP contribution in [0.1, 0.15) is 38.9 Å². The van der Waals surface area contributed by atoms with Gasteiger partial charge in [0.1, 0.15) is 12.4 Å². The van der Waals surface area contributed by atoms with E-state index in [1.807, 2.05) is 19.1 Å². The van der Waals surface area contributed by atoms with E-state index in [0.29, 0.717) is 19.8 Å². The summed E-state index contributed by atoms with van der Waals surface area (Å²) in [5, 5.41) is 2.92. The van der Waals surface area contributed by atoms with Gasteiger partial charge < -0.3 is 14.5 Å². The van der Waals surface area contributed by atoms with Gasteiger partial charge in [0.2, 0.25) is 5.91 Å². The fraction of sp³-hybridized carbons (Fsp3) is 0.643. The Bertz CT molecular complexity index is 322. The fourth-order valence-corrected chi connectivity index (χ4v) is 1.69. The summed E-state index contributed by atoms with van der Waals surface area (Å²) in [4.78, 5) is 11.6. The van der Waals surface area contributed by atoms with Crippen molar-refractivity contribution in [2.24, 2.45) is 5.92 Å². The molecule has 0 fully saturated rings. The summed E-state index contributed by atoms with van der Waals surface area (Å²) >= 11 is 0. The number of rotatable bonds is 9. The Morgan fingerprint density at radius 1 is 1.56 bits per heavy atom. The third-order valence-corrected chi connectivity index (χ3v) is 2.76. The first kappa shape index (κ1) is 14.8. The van der Waals surface area contributed by atoms with Gasteiger partial charge in [-0.15, -0.1) is 0 Å². The number of carbonyl (C=O) groups excluding carboxylic acids is 1. The van der Waals surface area contributed by atoms with E-state index in [2.05, 4.69) is 12.2 Å². The summed E-state index contributed by atoms with van der Waals surface area (Å²) < 4.78 is 10.6. The van der Waals surface area contributed by atoms with E-state index >= 15 is 0 Å². The van der Waals surface area contributed by atoms with E-state index in [4.69, 9.17) is 9.15 Å². The first-order chi connectivity index (χ1) is 8.74. The van der Waals surface area contributed by atoms with Crippen molar-refractivity contribution in [1.29, 1.82) is 0 Å². The van der Waals surface area contributed by atoms with E-state index in [1.165, 1.54) is 0 Å². The molecule has 1 atom stereocenters. The van der Waals surface area contributed by atoms with Crippen LogP contribution in [0.4, 0.5) is 0 Å². The predicted octanol–water partition coefficient (Wildman–Crippen LogP) is 2.74. The van der Waals surface area contributed by atoms with Crippen LogP contribution in [0.15, 0.2) is 22.8 Å². The smallest absolute Gasteiger partial charge is 0.222 e. The molecule has 0 saturated carbocycles. The molecule has 4 nitrogen and oxygen atoms in total. The molecule has 1 N–H and O–H groups in total. The standard InChI is InChI=1S/C14H23NO3/c1-3-6-12(2)14(16)15-8-5-9-17-11-13-7-4-10-18-13/h4,7,10,12H,3,5-6,8-9,11H2,1-2H3,(H,15,16). The number of ether oxygens (including phenoxy) is 1. The molecule has 1 amide bonds. The molecule has 18 heavy (non-hydrogen) atoms. The lowest BCUT2D eigenvalue weighted by Gasteiger charge is -2.10. The second kappa shape index (κ2) is 8.75. The highest BCUT2D eigenvalue weighted by atomic mass is 16.5. The third kappa shape index (κ3) is 5.87. The summed E-state index contributed by atoms with van der Waals surface area (Å²) in [6.07, 6.45) is 4.45. The Kier molecular flexibility index (Phi) is 7.18. The topological polar surface area (TPSA) is 51.5 Å². The molecular formula is C14H23NO3. The lowest BCUT2D eigenvalue weighted by molar-refractivity contribution is -0.124. The van der Waals surface area contributed by atoms with Crippen molar-refractivity contribution in [2.75, 3.05) is 13.2 Å². The van der Waals surface area contributed by atoms with E-state index in [0.717, 1.165) is 25.0 Å². The molecule has 4 heteroatoms. The summed E-state index contributed by atoms with van der Waals surface area (Å²) in [6.45, 7) is 5.85. The minimum atomic E-state index is 0.110. The second-order valence-electron chi connectivity index (χ2n) is 4.47. The molecule has 0 bridgehead atoms. The van der Waals surface area contributed by atoms with Crippen LogP contribution in [-0.2, 0) is 16.1 Å². The molecule has 0 spiro atoms. The average molecular weight is 253 g/mol. The zero-order valence-electron chi connectivity index (χ0n) is 11.3. The largest absolute Gasteiger partial charge is 0.467 e. The molecule has 0 aliphatic heterocycles. The Hall–Kier alpha value is -1.29. The summed E-state index contributed by atoms with van der Waals surface area (Å²) in [5.41, 5.74) is 0. The van der Waals surface area contributed by atoms with Gasteiger partial charge in [-0.05, 0) is 25.0 Å². The third-order valence-electron chi connectivity index (χ3n) is 2.76. The van der Waals surface area contributed by atoms with Crippen molar-refractivity contribution in [1.82, 2.24) is 5.32 Å². The van der Waals surface area contributed by atoms with Crippen LogP contribution in [0, 0.1) is 5.92 Å². The lowest BCUT2D eigenvalue weighted by Crippen LogP contribution is -2.30. The van der Waals surface area contributed by atoms with Gasteiger partial charge in [0.15, 0.2) is 0 Å². The molecule has 1 heterocycles. The zero-order chi connectivity index (χ0) is 13.2. The van der Waals surface area contributed by atoms with E-state index in [-0.39, 0.29) is 11.8 Å². The first-order valence-electron chi connectivity index (χ1n) is 6.62. The number of amides is 1. The normalized spacial score (nSPS) is 12.3. The van der Waals surface area contributed by atoms with Crippen LogP contribution in [0.25, 0.3) is 0 Å². The maximum atomic E-state index is 11.6. The summed E-state index contributed by atoms with van der Waals surface area (Å²) in [5.74, 6) is 1.08. The molecule has 1 unspecified atom stereocenters. The van der Waals surface area contributed by atoms with E-state index in [9.17, 15) is 4.79 Å². The molecule has 0 aliphatic rings. The number of nitrogens with one attached hydrogen (secondary N) is 1. The van der Waals surface area contributed by atoms with Crippen molar-refractivity contribution in [3.8, 4) is 0 Å². The van der Waals surface area contributed by atoms with Gasteiger partial charge in [0.05, 0.1) is 6.26 Å². The maximum Gasteiger partial charge on any atom is 0.222 e. The number of hydrogen-bond acceptors (Lipinski definition) is 3. The molecule has 0 aromatic carbocycles. The Morgan fingerprint density at radius 2 is 2.39 bits per heavy atom. The summed E-state index contributed by atoms with van der Waals surface area (Å²) in [6, 6.07) is 3.72. The SMILES string of the molecule is CCCC(C)C(=O)NCCCOCc1ccco1. The van der Waals surface area contributed by atoms with Crippen LogP contribution in [-0.4, -0.2) is 19.1 Å².